The SMILES string of the molecule is O=C(c1ccc2ccccc2c1)N1CCc2c(ncnc2NCC23CC4CC(CC(C4)C2)C3)C1. The molecule has 1 N–H and O–H groups in total. The van der Waals surface area contributed by atoms with Crippen LogP contribution in [-0.2, 0) is 13.0 Å². The first-order valence-electron chi connectivity index (χ1n) is 13.0. The quantitative estimate of drug-likeness (QED) is 0.571. The van der Waals surface area contributed by atoms with E-state index in [0.717, 1.165) is 58.6 Å². The molecule has 1 amide bonds. The summed E-state index contributed by atoms with van der Waals surface area (Å²) >= 11 is 0. The van der Waals surface area contributed by atoms with Gasteiger partial charge in [0.1, 0.15) is 12.1 Å². The summed E-state index contributed by atoms with van der Waals surface area (Å²) in [6.45, 7) is 2.30. The van der Waals surface area contributed by atoms with Crippen LogP contribution in [-0.4, -0.2) is 33.9 Å². The molecule has 5 nitrogen and oxygen atoms in total. The Morgan fingerprint density at radius 3 is 2.47 bits per heavy atom. The number of aromatic nitrogens is 2. The molecule has 1 aromatic heterocycles. The van der Waals surface area contributed by atoms with Gasteiger partial charge >= 0.3 is 0 Å². The average Bonchev–Trinajstić information content (AvgIpc) is 2.85. The van der Waals surface area contributed by atoms with E-state index in [2.05, 4.69) is 27.4 Å². The highest BCUT2D eigenvalue weighted by atomic mass is 16.2. The second-order valence-electron chi connectivity index (χ2n) is 11.5. The van der Waals surface area contributed by atoms with E-state index in [-0.39, 0.29) is 5.91 Å². The molecule has 4 saturated carbocycles. The number of nitrogens with zero attached hydrogens (tertiary/aromatic N) is 3. The van der Waals surface area contributed by atoms with Crippen LogP contribution >= 0.6 is 0 Å². The Bertz CT molecular complexity index is 1230. The van der Waals surface area contributed by atoms with Crippen LogP contribution in [0.5, 0.6) is 0 Å². The zero-order valence-corrected chi connectivity index (χ0v) is 19.7. The van der Waals surface area contributed by atoms with Crippen LogP contribution in [0.4, 0.5) is 5.82 Å². The number of hydrogen-bond acceptors (Lipinski definition) is 4. The second kappa shape index (κ2) is 7.79. The minimum absolute atomic E-state index is 0.0816. The first-order chi connectivity index (χ1) is 16.6. The molecule has 3 aromatic rings. The maximum absolute atomic E-state index is 13.3. The zero-order valence-electron chi connectivity index (χ0n) is 19.7. The Morgan fingerprint density at radius 2 is 1.71 bits per heavy atom. The van der Waals surface area contributed by atoms with Gasteiger partial charge in [0, 0.05) is 24.2 Å². The second-order valence-corrected chi connectivity index (χ2v) is 11.5. The van der Waals surface area contributed by atoms with E-state index >= 15 is 0 Å². The van der Waals surface area contributed by atoms with Gasteiger partial charge in [-0.1, -0.05) is 30.3 Å². The molecule has 5 heteroatoms. The minimum Gasteiger partial charge on any atom is -0.369 e. The Balaban J connectivity index is 1.07. The van der Waals surface area contributed by atoms with Crippen LogP contribution in [0.15, 0.2) is 48.8 Å². The molecule has 174 valence electrons. The van der Waals surface area contributed by atoms with Crippen LogP contribution in [0.2, 0.25) is 0 Å². The lowest BCUT2D eigenvalue weighted by Crippen LogP contribution is -2.49. The fraction of sp³-hybridized carbons (Fsp3) is 0.483. The van der Waals surface area contributed by atoms with Gasteiger partial charge in [-0.05, 0) is 91.0 Å². The highest BCUT2D eigenvalue weighted by Gasteiger charge is 2.50. The molecule has 0 atom stereocenters. The first kappa shape index (κ1) is 20.4. The summed E-state index contributed by atoms with van der Waals surface area (Å²) in [6.07, 6.45) is 11.1. The Morgan fingerprint density at radius 1 is 0.971 bits per heavy atom. The number of benzene rings is 2. The topological polar surface area (TPSA) is 58.1 Å². The summed E-state index contributed by atoms with van der Waals surface area (Å²) in [5.41, 5.74) is 3.41. The summed E-state index contributed by atoms with van der Waals surface area (Å²) in [7, 11) is 0. The summed E-state index contributed by atoms with van der Waals surface area (Å²) < 4.78 is 0. The molecule has 0 saturated heterocycles. The van der Waals surface area contributed by atoms with Crippen molar-refractivity contribution in [3.63, 3.8) is 0 Å². The van der Waals surface area contributed by atoms with E-state index in [9.17, 15) is 4.79 Å². The third-order valence-corrected chi connectivity index (χ3v) is 9.09. The molecule has 2 aromatic carbocycles. The number of rotatable bonds is 4. The van der Waals surface area contributed by atoms with Gasteiger partial charge < -0.3 is 10.2 Å². The fourth-order valence-corrected chi connectivity index (χ4v) is 7.96. The molecule has 0 spiro atoms. The van der Waals surface area contributed by atoms with Gasteiger partial charge in [0.05, 0.1) is 12.2 Å². The lowest BCUT2D eigenvalue weighted by atomic mass is 9.49. The number of anilines is 1. The molecule has 4 bridgehead atoms. The van der Waals surface area contributed by atoms with Crippen molar-refractivity contribution >= 4 is 22.5 Å². The molecule has 4 aliphatic carbocycles. The van der Waals surface area contributed by atoms with E-state index < -0.39 is 0 Å². The monoisotopic (exact) mass is 452 g/mol. The van der Waals surface area contributed by atoms with Crippen LogP contribution in [0.3, 0.4) is 0 Å². The third-order valence-electron chi connectivity index (χ3n) is 9.09. The number of fused-ring (bicyclic) bond motifs is 2. The molecule has 5 aliphatic rings. The Kier molecular flexibility index (Phi) is 4.68. The van der Waals surface area contributed by atoms with E-state index in [0.29, 0.717) is 18.5 Å². The smallest absolute Gasteiger partial charge is 0.254 e. The average molecular weight is 453 g/mol. The first-order valence-corrected chi connectivity index (χ1v) is 13.0. The molecule has 0 radical (unpaired) electrons. The number of carbonyl (C=O) groups excluding carboxylic acids is 1. The zero-order chi connectivity index (χ0) is 22.7. The number of amides is 1. The Labute approximate surface area is 201 Å². The van der Waals surface area contributed by atoms with Gasteiger partial charge in [-0.2, -0.15) is 0 Å². The van der Waals surface area contributed by atoms with Crippen molar-refractivity contribution in [2.75, 3.05) is 18.4 Å². The third kappa shape index (κ3) is 3.48. The van der Waals surface area contributed by atoms with Gasteiger partial charge in [0.2, 0.25) is 0 Å². The Hall–Kier alpha value is -2.95. The molecule has 8 rings (SSSR count). The van der Waals surface area contributed by atoms with Gasteiger partial charge in [-0.25, -0.2) is 9.97 Å². The summed E-state index contributed by atoms with van der Waals surface area (Å²) in [4.78, 5) is 24.5. The van der Waals surface area contributed by atoms with Gasteiger partial charge in [0.15, 0.2) is 0 Å². The van der Waals surface area contributed by atoms with Crippen LogP contribution in [0.1, 0.15) is 60.1 Å². The standard InChI is InChI=1S/C29H32N4O/c34-28(24-6-5-22-3-1-2-4-23(22)12-24)33-8-7-25-26(16-33)31-18-32-27(25)30-17-29-13-19-9-20(14-29)11-21(10-19)15-29/h1-6,12,18-21H,7-11,13-17H2,(H,30,31,32). The van der Waals surface area contributed by atoms with E-state index in [1.54, 1.807) is 6.33 Å². The summed E-state index contributed by atoms with van der Waals surface area (Å²) in [6, 6.07) is 14.2. The predicted molar refractivity (Wildman–Crippen MR) is 134 cm³/mol. The van der Waals surface area contributed by atoms with Crippen molar-refractivity contribution in [3.05, 3.63) is 65.6 Å². The molecule has 4 fully saturated rings. The minimum atomic E-state index is 0.0816. The molecule has 0 unspecified atom stereocenters. The van der Waals surface area contributed by atoms with Crippen LogP contribution < -0.4 is 5.32 Å². The van der Waals surface area contributed by atoms with E-state index in [1.165, 1.54) is 44.1 Å². The normalized spacial score (nSPS) is 29.3. The number of carbonyl (C=O) groups is 1. The van der Waals surface area contributed by atoms with Crippen molar-refractivity contribution in [3.8, 4) is 0 Å². The summed E-state index contributed by atoms with van der Waals surface area (Å²) in [5, 5.41) is 6.03. The lowest BCUT2D eigenvalue weighted by Gasteiger charge is -2.57. The van der Waals surface area contributed by atoms with Crippen molar-refractivity contribution in [1.82, 2.24) is 14.9 Å². The highest BCUT2D eigenvalue weighted by Crippen LogP contribution is 2.59. The van der Waals surface area contributed by atoms with Crippen LogP contribution in [0, 0.1) is 23.2 Å². The molecular formula is C29H32N4O. The molecule has 2 heterocycles. The van der Waals surface area contributed by atoms with Crippen LogP contribution in [0.25, 0.3) is 10.8 Å². The van der Waals surface area contributed by atoms with E-state index in [1.807, 2.05) is 35.2 Å². The lowest BCUT2D eigenvalue weighted by molar-refractivity contribution is -0.0444. The van der Waals surface area contributed by atoms with Crippen molar-refractivity contribution in [2.24, 2.45) is 23.2 Å². The largest absolute Gasteiger partial charge is 0.369 e. The molecule has 1 aliphatic heterocycles. The fourth-order valence-electron chi connectivity index (χ4n) is 7.96. The predicted octanol–water partition coefficient (Wildman–Crippen LogP) is 5.46. The highest BCUT2D eigenvalue weighted by molar-refractivity contribution is 5.98. The van der Waals surface area contributed by atoms with Gasteiger partial charge in [-0.3, -0.25) is 4.79 Å². The maximum Gasteiger partial charge on any atom is 0.254 e. The maximum atomic E-state index is 13.3. The van der Waals surface area contributed by atoms with Gasteiger partial charge in [-0.15, -0.1) is 0 Å². The summed E-state index contributed by atoms with van der Waals surface area (Å²) in [5.74, 6) is 3.96. The van der Waals surface area contributed by atoms with Crippen molar-refractivity contribution < 1.29 is 4.79 Å². The molecular weight excluding hydrogens is 420 g/mol. The number of nitrogens with one attached hydrogen (secondary N) is 1. The van der Waals surface area contributed by atoms with E-state index in [4.69, 9.17) is 0 Å². The van der Waals surface area contributed by atoms with Gasteiger partial charge in [0.25, 0.3) is 5.91 Å². The van der Waals surface area contributed by atoms with Crippen molar-refractivity contribution in [2.45, 2.75) is 51.5 Å². The molecule has 34 heavy (non-hydrogen) atoms. The van der Waals surface area contributed by atoms with Crippen molar-refractivity contribution in [1.29, 1.82) is 0 Å². The number of hydrogen-bond donors (Lipinski definition) is 1.